The Balaban J connectivity index is 2.16. The summed E-state index contributed by atoms with van der Waals surface area (Å²) >= 11 is 0. The molecule has 4 heteroatoms. The number of morpholine rings is 1. The van der Waals surface area contributed by atoms with E-state index in [-0.39, 0.29) is 6.04 Å². The Kier molecular flexibility index (Phi) is 2.97. The van der Waals surface area contributed by atoms with Gasteiger partial charge in [0.15, 0.2) is 0 Å². The molecule has 0 aliphatic carbocycles. The minimum absolute atomic E-state index is 0.208. The second kappa shape index (κ2) is 4.63. The van der Waals surface area contributed by atoms with Crippen LogP contribution in [-0.2, 0) is 11.8 Å². The van der Waals surface area contributed by atoms with E-state index in [2.05, 4.69) is 35.3 Å². The molecule has 0 amide bonds. The lowest BCUT2D eigenvalue weighted by Crippen LogP contribution is -2.34. The fraction of sp³-hybridized carbons (Fsp3) is 0.429. The van der Waals surface area contributed by atoms with Crippen molar-refractivity contribution in [2.24, 2.45) is 7.05 Å². The molecule has 2 heterocycles. The molecule has 2 aromatic rings. The standard InChI is InChI=1S/C14H18N2O2/c1-16-7-5-10-12(16)3-4-13(17-2)14(10)11-9-18-8-6-15-11/h3-5,7,11,15H,6,8-9H2,1-2H3. The van der Waals surface area contributed by atoms with Crippen LogP contribution >= 0.6 is 0 Å². The van der Waals surface area contributed by atoms with Crippen LogP contribution in [0.2, 0.25) is 0 Å². The second-order valence-electron chi connectivity index (χ2n) is 4.62. The maximum atomic E-state index is 5.57. The Morgan fingerprint density at radius 2 is 2.28 bits per heavy atom. The molecule has 96 valence electrons. The summed E-state index contributed by atoms with van der Waals surface area (Å²) in [7, 11) is 3.78. The van der Waals surface area contributed by atoms with E-state index in [0.29, 0.717) is 6.61 Å². The topological polar surface area (TPSA) is 35.4 Å². The number of methoxy groups -OCH3 is 1. The smallest absolute Gasteiger partial charge is 0.124 e. The fourth-order valence-electron chi connectivity index (χ4n) is 2.64. The first-order valence-electron chi connectivity index (χ1n) is 6.24. The van der Waals surface area contributed by atoms with E-state index in [1.165, 1.54) is 16.5 Å². The maximum absolute atomic E-state index is 5.57. The lowest BCUT2D eigenvalue weighted by Gasteiger charge is -2.26. The van der Waals surface area contributed by atoms with E-state index in [1.807, 2.05) is 6.07 Å². The summed E-state index contributed by atoms with van der Waals surface area (Å²) in [6.07, 6.45) is 2.08. The zero-order valence-corrected chi connectivity index (χ0v) is 10.8. The van der Waals surface area contributed by atoms with Gasteiger partial charge >= 0.3 is 0 Å². The highest BCUT2D eigenvalue weighted by Crippen LogP contribution is 2.34. The average Bonchev–Trinajstić information content (AvgIpc) is 2.80. The van der Waals surface area contributed by atoms with Gasteiger partial charge in [0, 0.05) is 36.3 Å². The van der Waals surface area contributed by atoms with Gasteiger partial charge in [0.25, 0.3) is 0 Å². The van der Waals surface area contributed by atoms with Crippen LogP contribution < -0.4 is 10.1 Å². The van der Waals surface area contributed by atoms with Crippen molar-refractivity contribution in [2.45, 2.75) is 6.04 Å². The van der Waals surface area contributed by atoms with E-state index < -0.39 is 0 Å². The van der Waals surface area contributed by atoms with Gasteiger partial charge in [-0.05, 0) is 18.2 Å². The first-order valence-corrected chi connectivity index (χ1v) is 6.24. The van der Waals surface area contributed by atoms with Crippen LogP contribution in [0.3, 0.4) is 0 Å². The third kappa shape index (κ3) is 1.78. The van der Waals surface area contributed by atoms with Crippen molar-refractivity contribution in [1.82, 2.24) is 9.88 Å². The van der Waals surface area contributed by atoms with Crippen LogP contribution in [0, 0.1) is 0 Å². The highest BCUT2D eigenvalue weighted by atomic mass is 16.5. The molecule has 0 bridgehead atoms. The SMILES string of the molecule is COc1ccc2c(ccn2C)c1C1COCCN1. The number of aromatic nitrogens is 1. The Hall–Kier alpha value is -1.52. The van der Waals surface area contributed by atoms with Gasteiger partial charge in [-0.1, -0.05) is 0 Å². The summed E-state index contributed by atoms with van der Waals surface area (Å²) in [5, 5.41) is 4.73. The lowest BCUT2D eigenvalue weighted by molar-refractivity contribution is 0.0765. The van der Waals surface area contributed by atoms with Crippen LogP contribution in [-0.4, -0.2) is 31.4 Å². The number of nitrogens with zero attached hydrogens (tertiary/aromatic N) is 1. The molecule has 1 aliphatic heterocycles. The molecule has 1 aromatic carbocycles. The molecule has 1 aliphatic rings. The molecule has 1 fully saturated rings. The predicted octanol–water partition coefficient (Wildman–Crippen LogP) is 1.85. The number of fused-ring (bicyclic) bond motifs is 1. The fourth-order valence-corrected chi connectivity index (χ4v) is 2.64. The number of hydrogen-bond donors (Lipinski definition) is 1. The number of hydrogen-bond acceptors (Lipinski definition) is 3. The minimum atomic E-state index is 0.208. The monoisotopic (exact) mass is 246 g/mol. The van der Waals surface area contributed by atoms with Crippen molar-refractivity contribution in [1.29, 1.82) is 0 Å². The summed E-state index contributed by atoms with van der Waals surface area (Å²) in [5.41, 5.74) is 2.42. The van der Waals surface area contributed by atoms with Gasteiger partial charge in [-0.3, -0.25) is 0 Å². The number of nitrogens with one attached hydrogen (secondary N) is 1. The van der Waals surface area contributed by atoms with Crippen molar-refractivity contribution >= 4 is 10.9 Å². The lowest BCUT2D eigenvalue weighted by atomic mass is 10.0. The van der Waals surface area contributed by atoms with E-state index in [1.54, 1.807) is 7.11 Å². The van der Waals surface area contributed by atoms with Crippen LogP contribution in [0.1, 0.15) is 11.6 Å². The van der Waals surface area contributed by atoms with Crippen molar-refractivity contribution in [3.8, 4) is 5.75 Å². The van der Waals surface area contributed by atoms with Gasteiger partial charge in [0.2, 0.25) is 0 Å². The third-order valence-corrected chi connectivity index (χ3v) is 3.56. The normalized spacial score (nSPS) is 20.2. The first kappa shape index (κ1) is 11.6. The van der Waals surface area contributed by atoms with E-state index in [9.17, 15) is 0 Å². The van der Waals surface area contributed by atoms with Crippen molar-refractivity contribution in [3.63, 3.8) is 0 Å². The van der Waals surface area contributed by atoms with Crippen molar-refractivity contribution in [2.75, 3.05) is 26.9 Å². The summed E-state index contributed by atoms with van der Waals surface area (Å²) in [5.74, 6) is 0.928. The molecule has 1 aromatic heterocycles. The Morgan fingerprint density at radius 3 is 3.00 bits per heavy atom. The Bertz CT molecular complexity index is 556. The molecule has 18 heavy (non-hydrogen) atoms. The summed E-state index contributed by atoms with van der Waals surface area (Å²) < 4.78 is 13.2. The average molecular weight is 246 g/mol. The zero-order valence-electron chi connectivity index (χ0n) is 10.8. The van der Waals surface area contributed by atoms with E-state index in [4.69, 9.17) is 9.47 Å². The molecule has 1 saturated heterocycles. The van der Waals surface area contributed by atoms with Gasteiger partial charge in [-0.2, -0.15) is 0 Å². The second-order valence-corrected chi connectivity index (χ2v) is 4.62. The molecule has 1 atom stereocenters. The largest absolute Gasteiger partial charge is 0.496 e. The number of aryl methyl sites for hydroxylation is 1. The van der Waals surface area contributed by atoms with Gasteiger partial charge in [0.1, 0.15) is 5.75 Å². The molecule has 1 unspecified atom stereocenters. The molecule has 3 rings (SSSR count). The van der Waals surface area contributed by atoms with Gasteiger partial charge in [-0.15, -0.1) is 0 Å². The summed E-state index contributed by atoms with van der Waals surface area (Å²) in [4.78, 5) is 0. The first-order chi connectivity index (χ1) is 8.81. The van der Waals surface area contributed by atoms with Gasteiger partial charge in [0.05, 0.1) is 26.4 Å². The molecule has 0 radical (unpaired) electrons. The predicted molar refractivity (Wildman–Crippen MR) is 71.0 cm³/mol. The Morgan fingerprint density at radius 1 is 1.39 bits per heavy atom. The van der Waals surface area contributed by atoms with Crippen LogP contribution in [0.5, 0.6) is 5.75 Å². The number of benzene rings is 1. The molecule has 0 spiro atoms. The maximum Gasteiger partial charge on any atom is 0.124 e. The van der Waals surface area contributed by atoms with Crippen molar-refractivity contribution in [3.05, 3.63) is 30.0 Å². The van der Waals surface area contributed by atoms with E-state index in [0.717, 1.165) is 18.9 Å². The zero-order chi connectivity index (χ0) is 12.5. The van der Waals surface area contributed by atoms with E-state index >= 15 is 0 Å². The molecule has 1 N–H and O–H groups in total. The van der Waals surface area contributed by atoms with Crippen LogP contribution in [0.15, 0.2) is 24.4 Å². The van der Waals surface area contributed by atoms with Crippen LogP contribution in [0.4, 0.5) is 0 Å². The highest BCUT2D eigenvalue weighted by molar-refractivity contribution is 5.86. The summed E-state index contributed by atoms with van der Waals surface area (Å²) in [6.45, 7) is 2.37. The molecular formula is C14H18N2O2. The summed E-state index contributed by atoms with van der Waals surface area (Å²) in [6, 6.07) is 6.48. The Labute approximate surface area is 106 Å². The molecule has 0 saturated carbocycles. The molecular weight excluding hydrogens is 228 g/mol. The third-order valence-electron chi connectivity index (χ3n) is 3.56. The van der Waals surface area contributed by atoms with Crippen molar-refractivity contribution < 1.29 is 9.47 Å². The van der Waals surface area contributed by atoms with Crippen LogP contribution in [0.25, 0.3) is 10.9 Å². The molecule has 4 nitrogen and oxygen atoms in total. The quantitative estimate of drug-likeness (QED) is 0.878. The van der Waals surface area contributed by atoms with Gasteiger partial charge in [-0.25, -0.2) is 0 Å². The highest BCUT2D eigenvalue weighted by Gasteiger charge is 2.22. The minimum Gasteiger partial charge on any atom is -0.496 e. The number of rotatable bonds is 2. The number of ether oxygens (including phenoxy) is 2. The van der Waals surface area contributed by atoms with Gasteiger partial charge < -0.3 is 19.4 Å².